The Morgan fingerprint density at radius 1 is 1.50 bits per heavy atom. The van der Waals surface area contributed by atoms with Crippen LogP contribution in [0.25, 0.3) is 0 Å². The van der Waals surface area contributed by atoms with E-state index in [0.29, 0.717) is 6.54 Å². The number of hydrogen-bond acceptors (Lipinski definition) is 3. The van der Waals surface area contributed by atoms with Crippen LogP contribution < -0.4 is 5.32 Å². The monoisotopic (exact) mass is 296 g/mol. The molecule has 5 nitrogen and oxygen atoms in total. The Morgan fingerprint density at radius 3 is 2.70 bits per heavy atom. The minimum absolute atomic E-state index is 0.0171. The van der Waals surface area contributed by atoms with Crippen molar-refractivity contribution < 1.29 is 9.72 Å². The first-order valence-corrected chi connectivity index (χ1v) is 7.08. The number of nitrogens with zero attached hydrogens (tertiary/aromatic N) is 1. The number of amides is 1. The number of para-hydroxylation sites is 1. The molecule has 0 heterocycles. The van der Waals surface area contributed by atoms with Crippen LogP contribution in [0.1, 0.15) is 43.0 Å². The highest BCUT2D eigenvalue weighted by molar-refractivity contribution is 6.33. The standard InChI is InChI=1S/C14H17ClN2O3/c1-2-14(7-4-8-14)9-16-13(18)10-5-3-6-11(15)12(10)17(19)20/h3,5-6H,2,4,7-9H2,1H3,(H,16,18). The van der Waals surface area contributed by atoms with Crippen molar-refractivity contribution in [3.8, 4) is 0 Å². The molecule has 1 saturated carbocycles. The van der Waals surface area contributed by atoms with Gasteiger partial charge in [-0.2, -0.15) is 0 Å². The zero-order valence-electron chi connectivity index (χ0n) is 11.3. The van der Waals surface area contributed by atoms with E-state index in [9.17, 15) is 14.9 Å². The number of halogens is 1. The van der Waals surface area contributed by atoms with Gasteiger partial charge in [-0.1, -0.05) is 31.0 Å². The molecule has 6 heteroatoms. The number of rotatable bonds is 5. The summed E-state index contributed by atoms with van der Waals surface area (Å²) in [5.41, 5.74) is -0.137. The topological polar surface area (TPSA) is 72.2 Å². The molecule has 1 fully saturated rings. The number of nitro benzene ring substituents is 1. The Hall–Kier alpha value is -1.62. The number of nitro groups is 1. The molecule has 1 N–H and O–H groups in total. The fourth-order valence-corrected chi connectivity index (χ4v) is 2.82. The van der Waals surface area contributed by atoms with Crippen LogP contribution in [0.3, 0.4) is 0 Å². The van der Waals surface area contributed by atoms with Crippen LogP contribution in [0.5, 0.6) is 0 Å². The van der Waals surface area contributed by atoms with Crippen LogP contribution in [0.15, 0.2) is 18.2 Å². The average Bonchev–Trinajstić information content (AvgIpc) is 2.37. The Kier molecular flexibility index (Phi) is 4.28. The predicted octanol–water partition coefficient (Wildman–Crippen LogP) is 3.56. The molecule has 0 spiro atoms. The maximum Gasteiger partial charge on any atom is 0.300 e. The van der Waals surface area contributed by atoms with E-state index in [-0.39, 0.29) is 21.7 Å². The van der Waals surface area contributed by atoms with Gasteiger partial charge in [-0.15, -0.1) is 0 Å². The third kappa shape index (κ3) is 2.77. The summed E-state index contributed by atoms with van der Waals surface area (Å²) in [6, 6.07) is 4.39. The maximum atomic E-state index is 12.2. The summed E-state index contributed by atoms with van der Waals surface area (Å²) < 4.78 is 0. The van der Waals surface area contributed by atoms with Crippen molar-refractivity contribution in [2.75, 3.05) is 6.54 Å². The zero-order chi connectivity index (χ0) is 14.8. The molecule has 1 aliphatic carbocycles. The van der Waals surface area contributed by atoms with E-state index in [4.69, 9.17) is 11.6 Å². The molecule has 0 aromatic heterocycles. The smallest absolute Gasteiger partial charge is 0.300 e. The van der Waals surface area contributed by atoms with Gasteiger partial charge >= 0.3 is 5.69 Å². The van der Waals surface area contributed by atoms with Crippen molar-refractivity contribution in [1.29, 1.82) is 0 Å². The number of benzene rings is 1. The van der Waals surface area contributed by atoms with E-state index in [1.807, 2.05) is 0 Å². The maximum absolute atomic E-state index is 12.2. The number of hydrogen-bond donors (Lipinski definition) is 1. The molecule has 1 aliphatic rings. The summed E-state index contributed by atoms with van der Waals surface area (Å²) in [7, 11) is 0. The molecule has 0 radical (unpaired) electrons. The summed E-state index contributed by atoms with van der Waals surface area (Å²) >= 11 is 5.80. The molecule has 0 bridgehead atoms. The van der Waals surface area contributed by atoms with Crippen molar-refractivity contribution >= 4 is 23.2 Å². The van der Waals surface area contributed by atoms with E-state index in [2.05, 4.69) is 12.2 Å². The van der Waals surface area contributed by atoms with Crippen molar-refractivity contribution in [3.63, 3.8) is 0 Å². The average molecular weight is 297 g/mol. The third-order valence-corrected chi connectivity index (χ3v) is 4.51. The van der Waals surface area contributed by atoms with Crippen LogP contribution in [0.2, 0.25) is 5.02 Å². The van der Waals surface area contributed by atoms with Gasteiger partial charge in [-0.3, -0.25) is 14.9 Å². The SMILES string of the molecule is CCC1(CNC(=O)c2cccc(Cl)c2[N+](=O)[O-])CCC1. The van der Waals surface area contributed by atoms with Gasteiger partial charge in [-0.05, 0) is 36.8 Å². The van der Waals surface area contributed by atoms with Gasteiger partial charge < -0.3 is 5.32 Å². The molecule has 1 aromatic rings. The Morgan fingerprint density at radius 2 is 2.20 bits per heavy atom. The van der Waals surface area contributed by atoms with Crippen molar-refractivity contribution in [3.05, 3.63) is 38.9 Å². The lowest BCUT2D eigenvalue weighted by molar-refractivity contribution is -0.385. The normalized spacial score (nSPS) is 16.3. The molecule has 0 aliphatic heterocycles. The van der Waals surface area contributed by atoms with Crippen LogP contribution in [-0.4, -0.2) is 17.4 Å². The highest BCUT2D eigenvalue weighted by atomic mass is 35.5. The fourth-order valence-electron chi connectivity index (χ4n) is 2.58. The van der Waals surface area contributed by atoms with Crippen LogP contribution in [0.4, 0.5) is 5.69 Å². The second kappa shape index (κ2) is 5.79. The second-order valence-electron chi connectivity index (χ2n) is 5.28. The summed E-state index contributed by atoms with van der Waals surface area (Å²) in [6.45, 7) is 2.67. The van der Waals surface area contributed by atoms with Gasteiger partial charge in [-0.25, -0.2) is 0 Å². The highest BCUT2D eigenvalue weighted by Crippen LogP contribution is 2.43. The molecule has 1 amide bonds. The Balaban J connectivity index is 2.13. The van der Waals surface area contributed by atoms with Gasteiger partial charge in [0.15, 0.2) is 0 Å². The van der Waals surface area contributed by atoms with Gasteiger partial charge in [0.05, 0.1) is 4.92 Å². The lowest BCUT2D eigenvalue weighted by Crippen LogP contribution is -2.41. The molecule has 0 saturated heterocycles. The lowest BCUT2D eigenvalue weighted by atomic mass is 9.67. The van der Waals surface area contributed by atoms with Crippen LogP contribution >= 0.6 is 11.6 Å². The first kappa shape index (κ1) is 14.8. The minimum Gasteiger partial charge on any atom is -0.351 e. The van der Waals surface area contributed by atoms with E-state index in [0.717, 1.165) is 19.3 Å². The first-order chi connectivity index (χ1) is 9.49. The zero-order valence-corrected chi connectivity index (χ0v) is 12.1. The van der Waals surface area contributed by atoms with Gasteiger partial charge in [0.2, 0.25) is 0 Å². The predicted molar refractivity (Wildman–Crippen MR) is 77.0 cm³/mol. The molecule has 0 unspecified atom stereocenters. The quantitative estimate of drug-likeness (QED) is 0.667. The van der Waals surface area contributed by atoms with Gasteiger partial charge in [0, 0.05) is 6.54 Å². The summed E-state index contributed by atoms with van der Waals surface area (Å²) in [5, 5.41) is 13.8. The molecular formula is C14H17ClN2O3. The number of nitrogens with one attached hydrogen (secondary N) is 1. The highest BCUT2D eigenvalue weighted by Gasteiger charge is 2.35. The van der Waals surface area contributed by atoms with Crippen molar-refractivity contribution in [2.45, 2.75) is 32.6 Å². The van der Waals surface area contributed by atoms with Crippen LogP contribution in [0, 0.1) is 15.5 Å². The molecule has 1 aromatic carbocycles. The van der Waals surface area contributed by atoms with Crippen molar-refractivity contribution in [2.24, 2.45) is 5.41 Å². The largest absolute Gasteiger partial charge is 0.351 e. The molecular weight excluding hydrogens is 280 g/mol. The third-order valence-electron chi connectivity index (χ3n) is 4.20. The Labute approximate surface area is 122 Å². The summed E-state index contributed by atoms with van der Waals surface area (Å²) in [4.78, 5) is 22.5. The molecule has 20 heavy (non-hydrogen) atoms. The molecule has 108 valence electrons. The van der Waals surface area contributed by atoms with Gasteiger partial charge in [0.1, 0.15) is 10.6 Å². The fraction of sp³-hybridized carbons (Fsp3) is 0.500. The first-order valence-electron chi connectivity index (χ1n) is 6.70. The Bertz CT molecular complexity index is 536. The molecule has 2 rings (SSSR count). The van der Waals surface area contributed by atoms with Crippen molar-refractivity contribution in [1.82, 2.24) is 5.32 Å². The number of carbonyl (C=O) groups is 1. The van der Waals surface area contributed by atoms with E-state index in [1.54, 1.807) is 6.07 Å². The molecule has 0 atom stereocenters. The summed E-state index contributed by atoms with van der Waals surface area (Å²) in [6.07, 6.45) is 4.38. The van der Waals surface area contributed by atoms with Crippen LogP contribution in [-0.2, 0) is 0 Å². The van der Waals surface area contributed by atoms with E-state index >= 15 is 0 Å². The van der Waals surface area contributed by atoms with E-state index in [1.165, 1.54) is 18.6 Å². The number of carbonyl (C=O) groups excluding carboxylic acids is 1. The minimum atomic E-state index is -0.615. The second-order valence-corrected chi connectivity index (χ2v) is 5.69. The van der Waals surface area contributed by atoms with Gasteiger partial charge in [0.25, 0.3) is 5.91 Å². The van der Waals surface area contributed by atoms with E-state index < -0.39 is 10.8 Å². The lowest BCUT2D eigenvalue weighted by Gasteiger charge is -2.41. The summed E-state index contributed by atoms with van der Waals surface area (Å²) in [5.74, 6) is -0.432.